The number of benzene rings is 2. The van der Waals surface area contributed by atoms with E-state index in [4.69, 9.17) is 26.8 Å². The molecule has 1 heterocycles. The van der Waals surface area contributed by atoms with Gasteiger partial charge in [-0.2, -0.15) is 0 Å². The van der Waals surface area contributed by atoms with E-state index in [1.54, 1.807) is 0 Å². The highest BCUT2D eigenvalue weighted by Gasteiger charge is 2.22. The molecule has 0 bridgehead atoms. The lowest BCUT2D eigenvalue weighted by Gasteiger charge is -2.34. The number of nitrogens with one attached hydrogen (secondary N) is 1. The van der Waals surface area contributed by atoms with Crippen LogP contribution < -0.4 is 15.8 Å². The van der Waals surface area contributed by atoms with Gasteiger partial charge < -0.3 is 20.5 Å². The van der Waals surface area contributed by atoms with Gasteiger partial charge in [-0.15, -0.1) is 0 Å². The van der Waals surface area contributed by atoms with Crippen molar-refractivity contribution in [3.63, 3.8) is 0 Å². The van der Waals surface area contributed by atoms with E-state index in [1.165, 1.54) is 0 Å². The zero-order valence-electron chi connectivity index (χ0n) is 17.0. The Morgan fingerprint density at radius 3 is 2.59 bits per heavy atom. The van der Waals surface area contributed by atoms with Gasteiger partial charge in [-0.05, 0) is 55.8 Å². The Hall–Kier alpha value is -2.28. The molecule has 29 heavy (non-hydrogen) atoms. The van der Waals surface area contributed by atoms with Gasteiger partial charge in [0, 0.05) is 23.8 Å². The highest BCUT2D eigenvalue weighted by molar-refractivity contribution is 6.30. The van der Waals surface area contributed by atoms with Gasteiger partial charge >= 0.3 is 0 Å². The van der Waals surface area contributed by atoms with Crippen LogP contribution in [0.25, 0.3) is 0 Å². The molecule has 2 aromatic carbocycles. The highest BCUT2D eigenvalue weighted by atomic mass is 35.5. The number of hydrogen-bond donors (Lipinski definition) is 2. The molecule has 1 saturated heterocycles. The van der Waals surface area contributed by atoms with E-state index in [9.17, 15) is 0 Å². The number of guanidine groups is 1. The number of nitrogens with two attached hydrogens (primary N) is 1. The van der Waals surface area contributed by atoms with Crippen LogP contribution in [0.15, 0.2) is 53.5 Å². The van der Waals surface area contributed by atoms with Crippen LogP contribution in [0.3, 0.4) is 0 Å². The minimum absolute atomic E-state index is 0.0970. The average Bonchev–Trinajstić information content (AvgIpc) is 2.70. The number of morpholine rings is 1. The number of rotatable bonds is 7. The lowest BCUT2D eigenvalue weighted by Crippen LogP contribution is -2.40. The number of ether oxygens (including phenoxy) is 2. The molecule has 0 saturated carbocycles. The normalized spacial score (nSPS) is 16.6. The van der Waals surface area contributed by atoms with Gasteiger partial charge in [0.05, 0.1) is 31.9 Å². The second-order valence-electron chi connectivity index (χ2n) is 7.26. The Bertz CT molecular complexity index is 805. The van der Waals surface area contributed by atoms with Gasteiger partial charge in [-0.3, -0.25) is 9.89 Å². The van der Waals surface area contributed by atoms with E-state index in [2.05, 4.69) is 21.3 Å². The maximum atomic E-state index is 6.22. The molecule has 156 valence electrons. The molecule has 0 aromatic heterocycles. The zero-order valence-corrected chi connectivity index (χ0v) is 17.7. The molecule has 0 amide bonds. The summed E-state index contributed by atoms with van der Waals surface area (Å²) in [5.41, 5.74) is 8.15. The van der Waals surface area contributed by atoms with Crippen LogP contribution in [0.1, 0.15) is 25.5 Å². The van der Waals surface area contributed by atoms with Crippen molar-refractivity contribution in [2.24, 2.45) is 10.7 Å². The van der Waals surface area contributed by atoms with E-state index >= 15 is 0 Å². The fourth-order valence-corrected chi connectivity index (χ4v) is 3.49. The van der Waals surface area contributed by atoms with Crippen molar-refractivity contribution >= 4 is 23.2 Å². The molecule has 1 unspecified atom stereocenters. The lowest BCUT2D eigenvalue weighted by molar-refractivity contribution is 0.0180. The summed E-state index contributed by atoms with van der Waals surface area (Å²) in [6, 6.07) is 15.7. The molecule has 0 aliphatic carbocycles. The first-order valence-electron chi connectivity index (χ1n) is 9.92. The maximum Gasteiger partial charge on any atom is 0.193 e. The van der Waals surface area contributed by atoms with Gasteiger partial charge in [-0.1, -0.05) is 23.7 Å². The molecule has 0 spiro atoms. The third-order valence-electron chi connectivity index (χ3n) is 4.65. The van der Waals surface area contributed by atoms with Gasteiger partial charge in [-0.25, -0.2) is 0 Å². The number of aliphatic imine (C=N–C) groups is 1. The summed E-state index contributed by atoms with van der Waals surface area (Å²) in [6.45, 7) is 7.70. The molecule has 2 aromatic rings. The van der Waals surface area contributed by atoms with Crippen LogP contribution in [-0.4, -0.2) is 49.8 Å². The van der Waals surface area contributed by atoms with Crippen molar-refractivity contribution in [3.8, 4) is 5.75 Å². The highest BCUT2D eigenvalue weighted by Crippen LogP contribution is 2.25. The molecule has 0 radical (unpaired) electrons. The molecule has 3 rings (SSSR count). The van der Waals surface area contributed by atoms with E-state index in [0.29, 0.717) is 12.5 Å². The minimum Gasteiger partial charge on any atom is -0.491 e. The smallest absolute Gasteiger partial charge is 0.193 e. The molecule has 3 N–H and O–H groups in total. The maximum absolute atomic E-state index is 6.22. The Labute approximate surface area is 177 Å². The van der Waals surface area contributed by atoms with Crippen LogP contribution in [-0.2, 0) is 4.74 Å². The number of hydrogen-bond acceptors (Lipinski definition) is 4. The molecular formula is C22H29ClN4O2. The van der Waals surface area contributed by atoms with Gasteiger partial charge in [0.1, 0.15) is 5.75 Å². The number of nitrogens with zero attached hydrogens (tertiary/aromatic N) is 2. The minimum atomic E-state index is 0.0970. The lowest BCUT2D eigenvalue weighted by atomic mass is 10.0. The summed E-state index contributed by atoms with van der Waals surface area (Å²) in [4.78, 5) is 6.96. The van der Waals surface area contributed by atoms with Crippen molar-refractivity contribution in [2.45, 2.75) is 26.0 Å². The molecule has 7 heteroatoms. The van der Waals surface area contributed by atoms with E-state index in [1.807, 2.05) is 56.3 Å². The largest absolute Gasteiger partial charge is 0.491 e. The first-order valence-corrected chi connectivity index (χ1v) is 10.3. The quantitative estimate of drug-likeness (QED) is 0.528. The molecule has 1 atom stereocenters. The fourth-order valence-electron chi connectivity index (χ4n) is 3.30. The Balaban J connectivity index is 1.67. The van der Waals surface area contributed by atoms with Crippen molar-refractivity contribution < 1.29 is 9.47 Å². The monoisotopic (exact) mass is 416 g/mol. The Morgan fingerprint density at radius 2 is 1.93 bits per heavy atom. The van der Waals surface area contributed by atoms with E-state index in [0.717, 1.165) is 48.3 Å². The third-order valence-corrected chi connectivity index (χ3v) is 4.89. The second kappa shape index (κ2) is 10.5. The molecule has 1 aliphatic heterocycles. The van der Waals surface area contributed by atoms with Crippen LogP contribution in [0.4, 0.5) is 5.69 Å². The SMILES string of the molecule is CC(C)Oc1ccc(NC(N)=NCC(c2cccc(Cl)c2)N2CCOCC2)cc1. The predicted molar refractivity (Wildman–Crippen MR) is 119 cm³/mol. The summed E-state index contributed by atoms with van der Waals surface area (Å²) < 4.78 is 11.2. The standard InChI is InChI=1S/C22H29ClN4O2/c1-16(2)29-20-8-6-19(7-9-20)26-22(24)25-15-21(27-10-12-28-13-11-27)17-4-3-5-18(23)14-17/h3-9,14,16,21H,10-13,15H2,1-2H3,(H3,24,25,26). The molecule has 1 fully saturated rings. The molecular weight excluding hydrogens is 388 g/mol. The predicted octanol–water partition coefficient (Wildman–Crippen LogP) is 3.93. The van der Waals surface area contributed by atoms with Crippen LogP contribution >= 0.6 is 11.6 Å². The van der Waals surface area contributed by atoms with Crippen molar-refractivity contribution in [2.75, 3.05) is 38.2 Å². The summed E-state index contributed by atoms with van der Waals surface area (Å²) in [7, 11) is 0. The topological polar surface area (TPSA) is 72.1 Å². The van der Waals surface area contributed by atoms with E-state index < -0.39 is 0 Å². The van der Waals surface area contributed by atoms with Crippen molar-refractivity contribution in [1.29, 1.82) is 0 Å². The summed E-state index contributed by atoms with van der Waals surface area (Å²) in [6.07, 6.45) is 0.143. The fraction of sp³-hybridized carbons (Fsp3) is 0.409. The Morgan fingerprint density at radius 1 is 1.21 bits per heavy atom. The van der Waals surface area contributed by atoms with Crippen LogP contribution in [0, 0.1) is 0 Å². The summed E-state index contributed by atoms with van der Waals surface area (Å²) in [5, 5.41) is 3.87. The first-order chi connectivity index (χ1) is 14.0. The Kier molecular flexibility index (Phi) is 7.75. The van der Waals surface area contributed by atoms with Gasteiger partial charge in [0.2, 0.25) is 0 Å². The molecule has 1 aliphatic rings. The van der Waals surface area contributed by atoms with Gasteiger partial charge in [0.25, 0.3) is 0 Å². The summed E-state index contributed by atoms with van der Waals surface area (Å²) >= 11 is 6.22. The van der Waals surface area contributed by atoms with E-state index in [-0.39, 0.29) is 12.1 Å². The molecule has 6 nitrogen and oxygen atoms in total. The first kappa shape index (κ1) is 21.4. The van der Waals surface area contributed by atoms with Crippen molar-refractivity contribution in [1.82, 2.24) is 4.90 Å². The van der Waals surface area contributed by atoms with Crippen molar-refractivity contribution in [3.05, 3.63) is 59.1 Å². The number of anilines is 1. The van der Waals surface area contributed by atoms with Crippen LogP contribution in [0.2, 0.25) is 5.02 Å². The second-order valence-corrected chi connectivity index (χ2v) is 7.70. The third kappa shape index (κ3) is 6.63. The van der Waals surface area contributed by atoms with Gasteiger partial charge in [0.15, 0.2) is 5.96 Å². The number of halogens is 1. The average molecular weight is 417 g/mol. The van der Waals surface area contributed by atoms with Crippen LogP contribution in [0.5, 0.6) is 5.75 Å². The zero-order chi connectivity index (χ0) is 20.6. The summed E-state index contributed by atoms with van der Waals surface area (Å²) in [5.74, 6) is 1.21.